The minimum atomic E-state index is -1.19. The lowest BCUT2D eigenvalue weighted by Gasteiger charge is -2.44. The van der Waals surface area contributed by atoms with Crippen molar-refractivity contribution in [1.82, 2.24) is 14.9 Å². The van der Waals surface area contributed by atoms with Crippen LogP contribution in [0.2, 0.25) is 0 Å². The zero-order valence-corrected chi connectivity index (χ0v) is 23.3. The molecule has 2 atom stereocenters. The molecular weight excluding hydrogens is 549 g/mol. The predicted octanol–water partition coefficient (Wildman–Crippen LogP) is 4.67. The first-order chi connectivity index (χ1) is 20.1. The number of nitrogens with zero attached hydrogens (tertiary/aromatic N) is 3. The van der Waals surface area contributed by atoms with Crippen LogP contribution in [-0.2, 0) is 13.2 Å². The Morgan fingerprint density at radius 3 is 2.36 bits per heavy atom. The number of rotatable bonds is 11. The Morgan fingerprint density at radius 1 is 1.10 bits per heavy atom. The standard InChI is InChI=1S/C31H31F3N4O4/c1-5-19(4)36-18-38(22(6-2)7-3)37-16-24(30(40)35-15-23-25(33)13-21(32)14-26(23)34)28(39)29(27(37)31(36)41)42-17-20-11-9-8-10-12-20/h5-6,8-14,16,19,22H,1-2,7,15,17-18H2,3-4H3,(H,35,40)/t19-,22?/m0/s1. The van der Waals surface area contributed by atoms with Crippen LogP contribution in [-0.4, -0.2) is 40.1 Å². The Bertz CT molecular complexity index is 1550. The summed E-state index contributed by atoms with van der Waals surface area (Å²) in [4.78, 5) is 42.4. The van der Waals surface area contributed by atoms with Gasteiger partial charge in [-0.25, -0.2) is 13.2 Å². The second-order valence-electron chi connectivity index (χ2n) is 9.74. The minimum Gasteiger partial charge on any atom is -0.482 e. The van der Waals surface area contributed by atoms with Gasteiger partial charge in [0.15, 0.2) is 11.4 Å². The van der Waals surface area contributed by atoms with Gasteiger partial charge in [-0.3, -0.25) is 24.1 Å². The van der Waals surface area contributed by atoms with Crippen molar-refractivity contribution in [2.45, 2.75) is 45.5 Å². The largest absolute Gasteiger partial charge is 0.482 e. The summed E-state index contributed by atoms with van der Waals surface area (Å²) in [5.74, 6) is -5.33. The summed E-state index contributed by atoms with van der Waals surface area (Å²) in [6.45, 7) is 10.7. The number of aromatic nitrogens is 1. The fraction of sp³-hybridized carbons (Fsp3) is 0.258. The Morgan fingerprint density at radius 2 is 1.76 bits per heavy atom. The van der Waals surface area contributed by atoms with Crippen LogP contribution in [0.3, 0.4) is 0 Å². The molecule has 2 amide bonds. The zero-order valence-electron chi connectivity index (χ0n) is 23.3. The number of fused-ring (bicyclic) bond motifs is 1. The van der Waals surface area contributed by atoms with Crippen molar-refractivity contribution in [1.29, 1.82) is 0 Å². The average molecular weight is 581 g/mol. The average Bonchev–Trinajstić information content (AvgIpc) is 2.97. The lowest BCUT2D eigenvalue weighted by molar-refractivity contribution is 0.0638. The SMILES string of the molecule is C=CC(CC)N1CN([C@@H](C)C=C)C(=O)c2c(OCc3ccccc3)c(=O)c(C(=O)NCc3c(F)cc(F)cc3F)cn21. The van der Waals surface area contributed by atoms with E-state index in [1.807, 2.05) is 13.0 Å². The van der Waals surface area contributed by atoms with Crippen LogP contribution >= 0.6 is 0 Å². The number of hydrogen-bond acceptors (Lipinski definition) is 5. The number of ether oxygens (including phenoxy) is 1. The number of carbonyl (C=O) groups excluding carboxylic acids is 2. The molecule has 220 valence electrons. The topological polar surface area (TPSA) is 83.9 Å². The normalized spacial score (nSPS) is 14.2. The van der Waals surface area contributed by atoms with Gasteiger partial charge in [0.2, 0.25) is 5.43 Å². The third-order valence-electron chi connectivity index (χ3n) is 7.09. The van der Waals surface area contributed by atoms with Gasteiger partial charge in [-0.1, -0.05) is 49.4 Å². The van der Waals surface area contributed by atoms with Crippen molar-refractivity contribution >= 4 is 11.8 Å². The maximum atomic E-state index is 14.2. The van der Waals surface area contributed by atoms with Crippen molar-refractivity contribution in [2.24, 2.45) is 0 Å². The third-order valence-corrected chi connectivity index (χ3v) is 7.09. The van der Waals surface area contributed by atoms with Crippen LogP contribution < -0.4 is 20.5 Å². The van der Waals surface area contributed by atoms with Gasteiger partial charge in [0.1, 0.15) is 36.3 Å². The van der Waals surface area contributed by atoms with Crippen molar-refractivity contribution in [3.63, 3.8) is 0 Å². The van der Waals surface area contributed by atoms with Gasteiger partial charge in [0, 0.05) is 36.5 Å². The van der Waals surface area contributed by atoms with Crippen molar-refractivity contribution in [3.05, 3.63) is 124 Å². The molecule has 8 nitrogen and oxygen atoms in total. The number of pyridine rings is 1. The van der Waals surface area contributed by atoms with E-state index >= 15 is 0 Å². The van der Waals surface area contributed by atoms with Gasteiger partial charge >= 0.3 is 0 Å². The molecule has 11 heteroatoms. The maximum Gasteiger partial charge on any atom is 0.278 e. The molecule has 4 rings (SSSR count). The van der Waals surface area contributed by atoms with Gasteiger partial charge in [-0.2, -0.15) is 0 Å². The molecule has 0 fully saturated rings. The van der Waals surface area contributed by atoms with Crippen LogP contribution in [0.15, 0.2) is 78.8 Å². The quantitative estimate of drug-likeness (QED) is 0.334. The van der Waals surface area contributed by atoms with Crippen LogP contribution in [0.25, 0.3) is 0 Å². The molecule has 2 heterocycles. The second-order valence-corrected chi connectivity index (χ2v) is 9.74. The molecule has 0 spiro atoms. The smallest absolute Gasteiger partial charge is 0.278 e. The molecule has 1 aliphatic rings. The highest BCUT2D eigenvalue weighted by Crippen LogP contribution is 2.27. The van der Waals surface area contributed by atoms with E-state index in [9.17, 15) is 27.6 Å². The van der Waals surface area contributed by atoms with E-state index < -0.39 is 58.4 Å². The van der Waals surface area contributed by atoms with Gasteiger partial charge in [0.25, 0.3) is 11.8 Å². The molecule has 0 radical (unpaired) electrons. The van der Waals surface area contributed by atoms with Gasteiger partial charge in [0.05, 0.1) is 6.04 Å². The number of amides is 2. The lowest BCUT2D eigenvalue weighted by Crippen LogP contribution is -2.59. The third kappa shape index (κ3) is 5.95. The van der Waals surface area contributed by atoms with Crippen LogP contribution in [0.5, 0.6) is 5.75 Å². The Balaban J connectivity index is 1.84. The van der Waals surface area contributed by atoms with E-state index in [4.69, 9.17) is 4.74 Å². The molecule has 1 N–H and O–H groups in total. The summed E-state index contributed by atoms with van der Waals surface area (Å²) < 4.78 is 49.1. The van der Waals surface area contributed by atoms with Crippen molar-refractivity contribution in [2.75, 3.05) is 11.7 Å². The summed E-state index contributed by atoms with van der Waals surface area (Å²) in [5, 5.41) is 4.09. The van der Waals surface area contributed by atoms with Crippen molar-refractivity contribution < 1.29 is 27.5 Å². The number of halogens is 3. The molecule has 3 aromatic rings. The molecule has 1 aliphatic heterocycles. The van der Waals surface area contributed by atoms with Crippen molar-refractivity contribution in [3.8, 4) is 5.75 Å². The molecule has 2 aromatic carbocycles. The van der Waals surface area contributed by atoms with Crippen LogP contribution in [0, 0.1) is 17.5 Å². The fourth-order valence-electron chi connectivity index (χ4n) is 4.64. The van der Waals surface area contributed by atoms with Gasteiger partial charge in [-0.05, 0) is 18.9 Å². The van der Waals surface area contributed by atoms with Gasteiger partial charge in [-0.15, -0.1) is 13.2 Å². The van der Waals surface area contributed by atoms with E-state index in [-0.39, 0.29) is 30.8 Å². The molecule has 0 saturated heterocycles. The highest BCUT2D eigenvalue weighted by molar-refractivity contribution is 5.99. The van der Waals surface area contributed by atoms with Crippen LogP contribution in [0.1, 0.15) is 52.2 Å². The highest BCUT2D eigenvalue weighted by Gasteiger charge is 2.38. The second kappa shape index (κ2) is 12.8. The van der Waals surface area contributed by atoms with E-state index in [0.717, 1.165) is 0 Å². The van der Waals surface area contributed by atoms with E-state index in [1.54, 1.807) is 48.4 Å². The van der Waals surface area contributed by atoms with E-state index in [2.05, 4.69) is 18.5 Å². The Kier molecular flexibility index (Phi) is 9.19. The van der Waals surface area contributed by atoms with Gasteiger partial charge < -0.3 is 15.0 Å². The Labute approximate surface area is 241 Å². The summed E-state index contributed by atoms with van der Waals surface area (Å²) in [6.07, 6.45) is 5.06. The summed E-state index contributed by atoms with van der Waals surface area (Å²) in [5.41, 5.74) is -1.27. The zero-order chi connectivity index (χ0) is 30.6. The molecule has 1 aromatic heterocycles. The number of nitrogens with one attached hydrogen (secondary N) is 1. The van der Waals surface area contributed by atoms with E-state index in [1.165, 1.54) is 15.8 Å². The molecule has 0 saturated carbocycles. The minimum absolute atomic E-state index is 0.0802. The van der Waals surface area contributed by atoms with Crippen LogP contribution in [0.4, 0.5) is 13.2 Å². The fourth-order valence-corrected chi connectivity index (χ4v) is 4.64. The molecule has 0 bridgehead atoms. The van der Waals surface area contributed by atoms with E-state index in [0.29, 0.717) is 24.1 Å². The number of carbonyl (C=O) groups is 2. The number of benzene rings is 2. The summed E-state index contributed by atoms with van der Waals surface area (Å²) in [6, 6.07) is 9.20. The highest BCUT2D eigenvalue weighted by atomic mass is 19.1. The predicted molar refractivity (Wildman–Crippen MR) is 152 cm³/mol. The molecular formula is C31H31F3N4O4. The lowest BCUT2D eigenvalue weighted by atomic mass is 10.1. The monoisotopic (exact) mass is 580 g/mol. The summed E-state index contributed by atoms with van der Waals surface area (Å²) in [7, 11) is 0. The first-order valence-electron chi connectivity index (χ1n) is 13.3. The molecule has 42 heavy (non-hydrogen) atoms. The first kappa shape index (κ1) is 30.2. The Hall–Kier alpha value is -4.80. The maximum absolute atomic E-state index is 14.2. The first-order valence-corrected chi connectivity index (χ1v) is 13.3. The molecule has 1 unspecified atom stereocenters. The number of hydrogen-bond donors (Lipinski definition) is 1. The summed E-state index contributed by atoms with van der Waals surface area (Å²) >= 11 is 0. The molecule has 0 aliphatic carbocycles.